The number of hydrogen-bond acceptors (Lipinski definition) is 8. The highest BCUT2D eigenvalue weighted by Gasteiger charge is 2.08. The van der Waals surface area contributed by atoms with Crippen LogP contribution in [0.2, 0.25) is 0 Å². The molecule has 0 aliphatic carbocycles. The number of nitrogens with two attached hydrogens (primary N) is 1. The van der Waals surface area contributed by atoms with Gasteiger partial charge in [-0.05, 0) is 0 Å². The first-order chi connectivity index (χ1) is 9.10. The van der Waals surface area contributed by atoms with Crippen molar-refractivity contribution in [3.63, 3.8) is 0 Å². The molecule has 0 spiro atoms. The normalized spacial score (nSPS) is 10.3. The lowest BCUT2D eigenvalue weighted by Gasteiger charge is -2.13. The van der Waals surface area contributed by atoms with Crippen LogP contribution in [0.4, 0.5) is 17.8 Å². The monoisotopic (exact) mass is 263 g/mol. The van der Waals surface area contributed by atoms with Crippen LogP contribution in [0.3, 0.4) is 0 Å². The van der Waals surface area contributed by atoms with Crippen molar-refractivity contribution >= 4 is 17.8 Å². The highest BCUT2D eigenvalue weighted by Crippen LogP contribution is 2.11. The van der Waals surface area contributed by atoms with E-state index in [-0.39, 0.29) is 0 Å². The van der Waals surface area contributed by atoms with Crippen molar-refractivity contribution in [1.29, 1.82) is 0 Å². The molecule has 0 aromatic carbocycles. The molecule has 19 heavy (non-hydrogen) atoms. The fourth-order valence-electron chi connectivity index (χ4n) is 1.43. The molecule has 0 radical (unpaired) electrons. The summed E-state index contributed by atoms with van der Waals surface area (Å²) < 4.78 is 1.92. The zero-order valence-corrected chi connectivity index (χ0v) is 11.1. The van der Waals surface area contributed by atoms with Crippen LogP contribution < -0.4 is 21.5 Å². The van der Waals surface area contributed by atoms with Crippen LogP contribution in [0, 0.1) is 0 Å². The van der Waals surface area contributed by atoms with E-state index in [2.05, 4.69) is 30.7 Å². The summed E-state index contributed by atoms with van der Waals surface area (Å²) in [4.78, 5) is 18.5. The molecule has 9 nitrogen and oxygen atoms in total. The Balaban J connectivity index is 2.15. The minimum Gasteiger partial charge on any atom is -0.347 e. The van der Waals surface area contributed by atoms with Gasteiger partial charge in [-0.2, -0.15) is 15.0 Å². The number of hydrazine groups is 1. The molecule has 0 saturated carbocycles. The first kappa shape index (κ1) is 13.0. The number of aromatic nitrogens is 5. The number of hydrogen-bond donors (Lipinski definition) is 3. The van der Waals surface area contributed by atoms with Crippen LogP contribution in [-0.4, -0.2) is 38.6 Å². The molecule has 2 heterocycles. The Morgan fingerprint density at radius 2 is 2.00 bits per heavy atom. The Bertz CT molecular complexity index is 548. The summed E-state index contributed by atoms with van der Waals surface area (Å²) in [7, 11) is 5.62. The van der Waals surface area contributed by atoms with Gasteiger partial charge in [-0.3, -0.25) is 5.43 Å². The van der Waals surface area contributed by atoms with E-state index in [1.807, 2.05) is 31.9 Å². The Labute approximate surface area is 110 Å². The molecule has 4 N–H and O–H groups in total. The lowest BCUT2D eigenvalue weighted by atomic mass is 10.6. The summed E-state index contributed by atoms with van der Waals surface area (Å²) in [5.41, 5.74) is 2.42. The van der Waals surface area contributed by atoms with Crippen molar-refractivity contribution in [3.8, 4) is 0 Å². The zero-order valence-electron chi connectivity index (χ0n) is 11.1. The fraction of sp³-hybridized carbons (Fsp3) is 0.400. The number of rotatable bonds is 5. The molecule has 9 heteroatoms. The lowest BCUT2D eigenvalue weighted by Crippen LogP contribution is -2.19. The third-order valence-electron chi connectivity index (χ3n) is 2.48. The summed E-state index contributed by atoms with van der Waals surface area (Å²) in [6.07, 6.45) is 3.62. The van der Waals surface area contributed by atoms with Gasteiger partial charge in [-0.25, -0.2) is 10.8 Å². The molecule has 0 amide bonds. The molecule has 0 aliphatic rings. The summed E-state index contributed by atoms with van der Waals surface area (Å²) in [6, 6.07) is 0. The summed E-state index contributed by atoms with van der Waals surface area (Å²) in [5.74, 6) is 7.49. The van der Waals surface area contributed by atoms with Crippen LogP contribution >= 0.6 is 0 Å². The van der Waals surface area contributed by atoms with Crippen molar-refractivity contribution in [2.24, 2.45) is 12.9 Å². The minimum atomic E-state index is 0.307. The van der Waals surface area contributed by atoms with Gasteiger partial charge in [-0.15, -0.1) is 0 Å². The third-order valence-corrected chi connectivity index (χ3v) is 2.48. The van der Waals surface area contributed by atoms with Gasteiger partial charge in [0, 0.05) is 33.5 Å². The maximum absolute atomic E-state index is 5.34. The second kappa shape index (κ2) is 5.48. The van der Waals surface area contributed by atoms with E-state index in [4.69, 9.17) is 5.84 Å². The van der Waals surface area contributed by atoms with Gasteiger partial charge in [0.25, 0.3) is 0 Å². The minimum absolute atomic E-state index is 0.307. The number of nitrogen functional groups attached to an aromatic ring is 1. The Kier molecular flexibility index (Phi) is 3.76. The van der Waals surface area contributed by atoms with Crippen LogP contribution in [0.15, 0.2) is 12.4 Å². The highest BCUT2D eigenvalue weighted by molar-refractivity contribution is 5.42. The predicted octanol–water partition coefficient (Wildman–Crippen LogP) is -0.431. The molecule has 0 aliphatic heterocycles. The van der Waals surface area contributed by atoms with Crippen molar-refractivity contribution in [3.05, 3.63) is 18.2 Å². The van der Waals surface area contributed by atoms with E-state index in [0.717, 1.165) is 5.82 Å². The Hall–Kier alpha value is -2.42. The van der Waals surface area contributed by atoms with Crippen LogP contribution in [0.1, 0.15) is 5.82 Å². The number of anilines is 3. The van der Waals surface area contributed by atoms with E-state index in [1.54, 1.807) is 11.1 Å². The maximum Gasteiger partial charge on any atom is 0.243 e. The molecule has 0 unspecified atom stereocenters. The third kappa shape index (κ3) is 3.07. The highest BCUT2D eigenvalue weighted by atomic mass is 15.4. The average Bonchev–Trinajstić information content (AvgIpc) is 2.81. The van der Waals surface area contributed by atoms with E-state index in [9.17, 15) is 0 Å². The Morgan fingerprint density at radius 1 is 1.26 bits per heavy atom. The first-order valence-electron chi connectivity index (χ1n) is 5.70. The summed E-state index contributed by atoms with van der Waals surface area (Å²) in [5, 5.41) is 3.09. The molecule has 0 fully saturated rings. The molecular weight excluding hydrogens is 246 g/mol. The largest absolute Gasteiger partial charge is 0.347 e. The van der Waals surface area contributed by atoms with Gasteiger partial charge in [-0.1, -0.05) is 0 Å². The maximum atomic E-state index is 5.34. The van der Waals surface area contributed by atoms with E-state index >= 15 is 0 Å². The van der Waals surface area contributed by atoms with Crippen molar-refractivity contribution in [2.75, 3.05) is 29.7 Å². The topological polar surface area (TPSA) is 110 Å². The summed E-state index contributed by atoms with van der Waals surface area (Å²) >= 11 is 0. The van der Waals surface area contributed by atoms with Crippen molar-refractivity contribution in [1.82, 2.24) is 24.5 Å². The van der Waals surface area contributed by atoms with Gasteiger partial charge in [0.1, 0.15) is 5.82 Å². The van der Waals surface area contributed by atoms with Gasteiger partial charge in [0.2, 0.25) is 17.8 Å². The van der Waals surface area contributed by atoms with E-state index in [1.165, 1.54) is 0 Å². The fourth-order valence-corrected chi connectivity index (χ4v) is 1.43. The van der Waals surface area contributed by atoms with E-state index in [0.29, 0.717) is 24.4 Å². The quantitative estimate of drug-likeness (QED) is 0.492. The van der Waals surface area contributed by atoms with Gasteiger partial charge >= 0.3 is 0 Å². The molecule has 0 bridgehead atoms. The molecule has 2 aromatic heterocycles. The first-order valence-corrected chi connectivity index (χ1v) is 5.70. The van der Waals surface area contributed by atoms with Crippen LogP contribution in [0.25, 0.3) is 0 Å². The van der Waals surface area contributed by atoms with E-state index < -0.39 is 0 Å². The van der Waals surface area contributed by atoms with Crippen LogP contribution in [-0.2, 0) is 13.6 Å². The average molecular weight is 263 g/mol. The molecule has 2 aromatic rings. The number of imidazole rings is 1. The molecule has 0 atom stereocenters. The lowest BCUT2D eigenvalue weighted by molar-refractivity contribution is 0.805. The summed E-state index contributed by atoms with van der Waals surface area (Å²) in [6.45, 7) is 0.518. The number of aryl methyl sites for hydroxylation is 1. The second-order valence-electron chi connectivity index (χ2n) is 4.13. The SMILES string of the molecule is CN(C)c1nc(NN)nc(NCc2nccn2C)n1. The molecular formula is C10H17N9. The molecule has 2 rings (SSSR count). The standard InChI is InChI=1S/C10H17N9/c1-18(2)10-15-8(14-9(16-10)17-11)13-6-7-12-4-5-19(7)3/h4-5H,6,11H2,1-3H3,(H2,13,14,15,16,17). The van der Waals surface area contributed by atoms with Gasteiger partial charge < -0.3 is 14.8 Å². The van der Waals surface area contributed by atoms with Crippen molar-refractivity contribution in [2.45, 2.75) is 6.54 Å². The van der Waals surface area contributed by atoms with Crippen molar-refractivity contribution < 1.29 is 0 Å². The Morgan fingerprint density at radius 3 is 2.58 bits per heavy atom. The van der Waals surface area contributed by atoms with Gasteiger partial charge in [0.15, 0.2) is 0 Å². The number of nitrogens with zero attached hydrogens (tertiary/aromatic N) is 6. The second-order valence-corrected chi connectivity index (χ2v) is 4.13. The predicted molar refractivity (Wildman–Crippen MR) is 72.5 cm³/mol. The molecule has 102 valence electrons. The van der Waals surface area contributed by atoms with Crippen LogP contribution in [0.5, 0.6) is 0 Å². The zero-order chi connectivity index (χ0) is 13.8. The molecule has 0 saturated heterocycles. The smallest absolute Gasteiger partial charge is 0.243 e. The number of nitrogens with one attached hydrogen (secondary N) is 2. The van der Waals surface area contributed by atoms with Gasteiger partial charge in [0.05, 0.1) is 6.54 Å².